The third kappa shape index (κ3) is 1.71. The van der Waals surface area contributed by atoms with Crippen molar-refractivity contribution in [1.82, 2.24) is 5.32 Å². The second kappa shape index (κ2) is 2.73. The SMILES string of the molecule is NC1NC=C(Cl)C=C1Br. The van der Waals surface area contributed by atoms with E-state index < -0.39 is 0 Å². The molecule has 0 aromatic heterocycles. The summed E-state index contributed by atoms with van der Waals surface area (Å²) in [4.78, 5) is 0. The number of dihydropyridines is 1. The molecule has 0 amide bonds. The smallest absolute Gasteiger partial charge is 0.107 e. The molecule has 50 valence electrons. The number of hydrogen-bond acceptors (Lipinski definition) is 2. The molecule has 0 aliphatic carbocycles. The molecule has 0 spiro atoms. The normalized spacial score (nSPS) is 26.3. The van der Waals surface area contributed by atoms with E-state index in [9.17, 15) is 0 Å². The standard InChI is InChI=1S/C5H6BrClN2/c6-4-1-3(7)2-9-5(4)8/h1-2,5,9H,8H2. The van der Waals surface area contributed by atoms with Crippen molar-refractivity contribution in [2.24, 2.45) is 5.73 Å². The predicted octanol–water partition coefficient (Wildman–Crippen LogP) is 1.23. The van der Waals surface area contributed by atoms with Crippen LogP contribution in [0.5, 0.6) is 0 Å². The lowest BCUT2D eigenvalue weighted by Gasteiger charge is -2.14. The van der Waals surface area contributed by atoms with Crippen molar-refractivity contribution in [3.05, 3.63) is 21.8 Å². The molecular formula is C5H6BrClN2. The third-order valence-electron chi connectivity index (χ3n) is 0.974. The van der Waals surface area contributed by atoms with E-state index in [4.69, 9.17) is 17.3 Å². The number of nitrogens with two attached hydrogens (primary N) is 1. The van der Waals surface area contributed by atoms with Gasteiger partial charge >= 0.3 is 0 Å². The molecule has 0 aromatic carbocycles. The first-order valence-electron chi connectivity index (χ1n) is 2.44. The molecule has 3 N–H and O–H groups in total. The highest BCUT2D eigenvalue weighted by molar-refractivity contribution is 9.11. The molecule has 1 aliphatic heterocycles. The highest BCUT2D eigenvalue weighted by Gasteiger charge is 2.07. The van der Waals surface area contributed by atoms with Gasteiger partial charge in [0, 0.05) is 10.7 Å². The van der Waals surface area contributed by atoms with Gasteiger partial charge < -0.3 is 11.1 Å². The molecule has 1 unspecified atom stereocenters. The summed E-state index contributed by atoms with van der Waals surface area (Å²) in [5.74, 6) is 0. The van der Waals surface area contributed by atoms with Gasteiger partial charge in [0.15, 0.2) is 0 Å². The lowest BCUT2D eigenvalue weighted by atomic mass is 10.3. The Kier molecular flexibility index (Phi) is 2.16. The highest BCUT2D eigenvalue weighted by atomic mass is 79.9. The molecule has 1 atom stereocenters. The molecule has 0 aromatic rings. The number of hydrogen-bond donors (Lipinski definition) is 2. The summed E-state index contributed by atoms with van der Waals surface area (Å²) in [5, 5.41) is 3.51. The maximum atomic E-state index is 5.61. The summed E-state index contributed by atoms with van der Waals surface area (Å²) in [6, 6.07) is 0. The second-order valence-electron chi connectivity index (χ2n) is 1.70. The van der Waals surface area contributed by atoms with E-state index in [-0.39, 0.29) is 6.17 Å². The molecule has 1 rings (SSSR count). The van der Waals surface area contributed by atoms with E-state index in [0.29, 0.717) is 5.03 Å². The van der Waals surface area contributed by atoms with Gasteiger partial charge in [-0.05, 0) is 6.08 Å². The molecule has 0 saturated carbocycles. The molecule has 0 bridgehead atoms. The number of rotatable bonds is 0. The van der Waals surface area contributed by atoms with Crippen LogP contribution < -0.4 is 11.1 Å². The Labute approximate surface area is 66.9 Å². The first-order valence-corrected chi connectivity index (χ1v) is 3.61. The number of halogens is 2. The van der Waals surface area contributed by atoms with Crippen LogP contribution in [0.4, 0.5) is 0 Å². The lowest BCUT2D eigenvalue weighted by Crippen LogP contribution is -2.35. The van der Waals surface area contributed by atoms with Crippen molar-refractivity contribution in [2.45, 2.75) is 6.17 Å². The molecule has 2 nitrogen and oxygen atoms in total. The Morgan fingerprint density at radius 1 is 1.78 bits per heavy atom. The van der Waals surface area contributed by atoms with E-state index in [0.717, 1.165) is 4.48 Å². The third-order valence-corrected chi connectivity index (χ3v) is 1.91. The molecule has 1 aliphatic rings. The van der Waals surface area contributed by atoms with Crippen molar-refractivity contribution in [1.29, 1.82) is 0 Å². The minimum atomic E-state index is -0.146. The molecule has 0 saturated heterocycles. The van der Waals surface area contributed by atoms with Crippen LogP contribution in [0, 0.1) is 0 Å². The average Bonchev–Trinajstić information content (AvgIpc) is 1.80. The van der Waals surface area contributed by atoms with E-state index >= 15 is 0 Å². The molecule has 1 heterocycles. The Morgan fingerprint density at radius 3 is 2.89 bits per heavy atom. The van der Waals surface area contributed by atoms with Crippen molar-refractivity contribution in [3.63, 3.8) is 0 Å². The summed E-state index contributed by atoms with van der Waals surface area (Å²) in [5.41, 5.74) is 5.51. The Bertz CT molecular complexity index is 176. The maximum absolute atomic E-state index is 5.61. The van der Waals surface area contributed by atoms with Gasteiger partial charge in [-0.25, -0.2) is 0 Å². The fourth-order valence-electron chi connectivity index (χ4n) is 0.512. The topological polar surface area (TPSA) is 38.0 Å². The van der Waals surface area contributed by atoms with Gasteiger partial charge in [-0.2, -0.15) is 0 Å². The van der Waals surface area contributed by atoms with Crippen LogP contribution in [0.3, 0.4) is 0 Å². The first-order chi connectivity index (χ1) is 4.20. The van der Waals surface area contributed by atoms with Crippen molar-refractivity contribution in [3.8, 4) is 0 Å². The zero-order valence-corrected chi connectivity index (χ0v) is 6.91. The maximum Gasteiger partial charge on any atom is 0.107 e. The molecule has 4 heteroatoms. The van der Waals surface area contributed by atoms with Gasteiger partial charge in [0.25, 0.3) is 0 Å². The van der Waals surface area contributed by atoms with Gasteiger partial charge in [-0.3, -0.25) is 0 Å². The fourth-order valence-corrected chi connectivity index (χ4v) is 1.20. The zero-order valence-electron chi connectivity index (χ0n) is 4.57. The minimum Gasteiger partial charge on any atom is -0.371 e. The minimum absolute atomic E-state index is 0.146. The quantitative estimate of drug-likeness (QED) is 0.630. The van der Waals surface area contributed by atoms with Gasteiger partial charge in [-0.1, -0.05) is 27.5 Å². The molecule has 0 fully saturated rings. The van der Waals surface area contributed by atoms with Crippen LogP contribution in [0.15, 0.2) is 21.8 Å². The van der Waals surface area contributed by atoms with Gasteiger partial charge in [0.2, 0.25) is 0 Å². The van der Waals surface area contributed by atoms with Crippen LogP contribution in [0.2, 0.25) is 0 Å². The summed E-state index contributed by atoms with van der Waals surface area (Å²) in [6.45, 7) is 0. The fraction of sp³-hybridized carbons (Fsp3) is 0.200. The summed E-state index contributed by atoms with van der Waals surface area (Å²) in [7, 11) is 0. The monoisotopic (exact) mass is 208 g/mol. The highest BCUT2D eigenvalue weighted by Crippen LogP contribution is 2.17. The van der Waals surface area contributed by atoms with Crippen LogP contribution in [0.25, 0.3) is 0 Å². The number of allylic oxidation sites excluding steroid dienone is 2. The average molecular weight is 209 g/mol. The summed E-state index contributed by atoms with van der Waals surface area (Å²) >= 11 is 8.86. The Morgan fingerprint density at radius 2 is 2.44 bits per heavy atom. The predicted molar refractivity (Wildman–Crippen MR) is 42.1 cm³/mol. The Balaban J connectivity index is 2.74. The first kappa shape index (κ1) is 7.12. The van der Waals surface area contributed by atoms with Gasteiger partial charge in [-0.15, -0.1) is 0 Å². The van der Waals surface area contributed by atoms with Crippen LogP contribution >= 0.6 is 27.5 Å². The van der Waals surface area contributed by atoms with E-state index in [1.165, 1.54) is 0 Å². The van der Waals surface area contributed by atoms with E-state index in [2.05, 4.69) is 21.2 Å². The summed E-state index contributed by atoms with van der Waals surface area (Å²) < 4.78 is 0.870. The van der Waals surface area contributed by atoms with Crippen molar-refractivity contribution >= 4 is 27.5 Å². The van der Waals surface area contributed by atoms with Gasteiger partial charge in [0.1, 0.15) is 6.17 Å². The number of nitrogens with one attached hydrogen (secondary N) is 1. The van der Waals surface area contributed by atoms with E-state index in [1.54, 1.807) is 12.3 Å². The molecule has 9 heavy (non-hydrogen) atoms. The largest absolute Gasteiger partial charge is 0.371 e. The second-order valence-corrected chi connectivity index (χ2v) is 3.05. The van der Waals surface area contributed by atoms with Crippen LogP contribution in [-0.4, -0.2) is 6.17 Å². The molecular weight excluding hydrogens is 203 g/mol. The zero-order chi connectivity index (χ0) is 6.85. The van der Waals surface area contributed by atoms with Crippen molar-refractivity contribution in [2.75, 3.05) is 0 Å². The Hall–Kier alpha value is 0.01000. The van der Waals surface area contributed by atoms with E-state index in [1.807, 2.05) is 0 Å². The van der Waals surface area contributed by atoms with Crippen LogP contribution in [-0.2, 0) is 0 Å². The molecule has 0 radical (unpaired) electrons. The van der Waals surface area contributed by atoms with Gasteiger partial charge in [0.05, 0.1) is 5.03 Å². The lowest BCUT2D eigenvalue weighted by molar-refractivity contribution is 0.718. The van der Waals surface area contributed by atoms with Crippen molar-refractivity contribution < 1.29 is 0 Å². The summed E-state index contributed by atoms with van der Waals surface area (Å²) in [6.07, 6.45) is 3.28. The van der Waals surface area contributed by atoms with Crippen LogP contribution in [0.1, 0.15) is 0 Å².